The molecule has 1 atom stereocenters. The highest BCUT2D eigenvalue weighted by atomic mass is 17.1. The van der Waals surface area contributed by atoms with Gasteiger partial charge < -0.3 is 4.74 Å². The fraction of sp³-hybridized carbons (Fsp3) is 0.789. The van der Waals surface area contributed by atoms with Crippen LogP contribution in [0.15, 0.2) is 12.2 Å². The molecule has 0 saturated carbocycles. The molecule has 24 heavy (non-hydrogen) atoms. The first-order valence-electron chi connectivity index (χ1n) is 9.22. The van der Waals surface area contributed by atoms with Gasteiger partial charge in [0.25, 0.3) is 0 Å². The zero-order valence-corrected chi connectivity index (χ0v) is 15.3. The standard InChI is InChI=1S/C19H34O5/c1-3-4-5-9-12-17(20)15-16-18(24-22)13-10-7-6-8-11-14-19(21)23-2/h15-16,18,22H,3-14H2,1-2H3/b16-15+. The summed E-state index contributed by atoms with van der Waals surface area (Å²) in [7, 11) is 1.40. The molecule has 0 amide bonds. The number of carbonyl (C=O) groups is 2. The molecule has 0 aliphatic carbocycles. The average molecular weight is 342 g/mol. The SMILES string of the molecule is CCCCCCC(=O)/C=C/C(CCCCCCCC(=O)OC)OO. The molecule has 0 aromatic rings. The molecule has 1 unspecified atom stereocenters. The molecule has 0 spiro atoms. The van der Waals surface area contributed by atoms with Crippen LogP contribution >= 0.6 is 0 Å². The Bertz CT molecular complexity index is 352. The smallest absolute Gasteiger partial charge is 0.305 e. The third-order valence-corrected chi connectivity index (χ3v) is 4.01. The predicted octanol–water partition coefficient (Wildman–Crippen LogP) is 4.84. The van der Waals surface area contributed by atoms with Crippen molar-refractivity contribution in [1.82, 2.24) is 0 Å². The maximum Gasteiger partial charge on any atom is 0.305 e. The van der Waals surface area contributed by atoms with E-state index >= 15 is 0 Å². The molecule has 0 fully saturated rings. The van der Waals surface area contributed by atoms with Gasteiger partial charge in [-0.05, 0) is 31.4 Å². The number of rotatable bonds is 16. The third kappa shape index (κ3) is 14.4. The second-order valence-corrected chi connectivity index (χ2v) is 6.16. The monoisotopic (exact) mass is 342 g/mol. The van der Waals surface area contributed by atoms with Crippen LogP contribution in [0.5, 0.6) is 0 Å². The summed E-state index contributed by atoms with van der Waals surface area (Å²) in [6.07, 6.45) is 13.6. The van der Waals surface area contributed by atoms with Crippen molar-refractivity contribution >= 4 is 11.8 Å². The van der Waals surface area contributed by atoms with E-state index in [1.807, 2.05) is 0 Å². The van der Waals surface area contributed by atoms with Gasteiger partial charge >= 0.3 is 5.97 Å². The minimum Gasteiger partial charge on any atom is -0.469 e. The topological polar surface area (TPSA) is 72.8 Å². The number of methoxy groups -OCH3 is 1. The number of hydrogen-bond donors (Lipinski definition) is 1. The van der Waals surface area contributed by atoms with Crippen LogP contribution < -0.4 is 0 Å². The maximum atomic E-state index is 11.7. The normalized spacial score (nSPS) is 12.5. The van der Waals surface area contributed by atoms with Gasteiger partial charge in [-0.1, -0.05) is 51.9 Å². The molecule has 0 heterocycles. The lowest BCUT2D eigenvalue weighted by Gasteiger charge is -2.08. The summed E-state index contributed by atoms with van der Waals surface area (Å²) in [6.45, 7) is 2.14. The van der Waals surface area contributed by atoms with E-state index in [2.05, 4.69) is 16.5 Å². The number of hydrogen-bond acceptors (Lipinski definition) is 5. The van der Waals surface area contributed by atoms with Gasteiger partial charge in [0.2, 0.25) is 0 Å². The Balaban J connectivity index is 3.69. The molecule has 0 aromatic carbocycles. The van der Waals surface area contributed by atoms with Gasteiger partial charge in [0, 0.05) is 12.8 Å². The summed E-state index contributed by atoms with van der Waals surface area (Å²) in [6, 6.07) is 0. The zero-order valence-electron chi connectivity index (χ0n) is 15.3. The molecule has 0 aliphatic heterocycles. The molecule has 0 radical (unpaired) electrons. The Morgan fingerprint density at radius 3 is 2.25 bits per heavy atom. The minimum atomic E-state index is -0.417. The second-order valence-electron chi connectivity index (χ2n) is 6.16. The molecule has 5 nitrogen and oxygen atoms in total. The molecule has 0 aromatic heterocycles. The van der Waals surface area contributed by atoms with Crippen LogP contribution in [0.4, 0.5) is 0 Å². The summed E-state index contributed by atoms with van der Waals surface area (Å²) in [5, 5.41) is 8.90. The number of esters is 1. The Morgan fingerprint density at radius 1 is 0.958 bits per heavy atom. The molecule has 0 saturated heterocycles. The number of ketones is 1. The van der Waals surface area contributed by atoms with E-state index in [1.165, 1.54) is 19.6 Å². The van der Waals surface area contributed by atoms with Crippen molar-refractivity contribution < 1.29 is 24.5 Å². The highest BCUT2D eigenvalue weighted by molar-refractivity contribution is 5.89. The van der Waals surface area contributed by atoms with Gasteiger partial charge in [-0.3, -0.25) is 14.8 Å². The first-order valence-corrected chi connectivity index (χ1v) is 9.22. The molecule has 0 bridgehead atoms. The highest BCUT2D eigenvalue weighted by Gasteiger charge is 2.06. The van der Waals surface area contributed by atoms with E-state index in [-0.39, 0.29) is 11.8 Å². The summed E-state index contributed by atoms with van der Waals surface area (Å²) in [5.41, 5.74) is 0. The molecule has 140 valence electrons. The van der Waals surface area contributed by atoms with Crippen molar-refractivity contribution in [1.29, 1.82) is 0 Å². The quantitative estimate of drug-likeness (QED) is 0.143. The van der Waals surface area contributed by atoms with Gasteiger partial charge in [0.15, 0.2) is 5.78 Å². The van der Waals surface area contributed by atoms with Gasteiger partial charge in [0.1, 0.15) is 6.10 Å². The predicted molar refractivity (Wildman–Crippen MR) is 94.7 cm³/mol. The highest BCUT2D eigenvalue weighted by Crippen LogP contribution is 2.12. The van der Waals surface area contributed by atoms with E-state index < -0.39 is 6.10 Å². The van der Waals surface area contributed by atoms with Crippen LogP contribution in [0.25, 0.3) is 0 Å². The van der Waals surface area contributed by atoms with E-state index in [1.54, 1.807) is 6.08 Å². The van der Waals surface area contributed by atoms with Crippen molar-refractivity contribution in [2.75, 3.05) is 7.11 Å². The van der Waals surface area contributed by atoms with Crippen LogP contribution in [0.2, 0.25) is 0 Å². The summed E-state index contributed by atoms with van der Waals surface area (Å²) < 4.78 is 4.59. The fourth-order valence-corrected chi connectivity index (χ4v) is 2.46. The Hall–Kier alpha value is -1.20. The van der Waals surface area contributed by atoms with E-state index in [4.69, 9.17) is 5.26 Å². The molecular weight excluding hydrogens is 308 g/mol. The van der Waals surface area contributed by atoms with Gasteiger partial charge in [-0.25, -0.2) is 4.89 Å². The van der Waals surface area contributed by atoms with Crippen molar-refractivity contribution in [2.24, 2.45) is 0 Å². The van der Waals surface area contributed by atoms with Crippen molar-refractivity contribution in [3.05, 3.63) is 12.2 Å². The van der Waals surface area contributed by atoms with Crippen molar-refractivity contribution in [3.63, 3.8) is 0 Å². The van der Waals surface area contributed by atoms with Crippen LogP contribution in [0.3, 0.4) is 0 Å². The van der Waals surface area contributed by atoms with E-state index in [0.29, 0.717) is 19.3 Å². The van der Waals surface area contributed by atoms with E-state index in [0.717, 1.165) is 51.4 Å². The molecule has 0 aliphatic rings. The number of carbonyl (C=O) groups excluding carboxylic acids is 2. The van der Waals surface area contributed by atoms with Gasteiger partial charge in [0.05, 0.1) is 7.11 Å². The van der Waals surface area contributed by atoms with Crippen LogP contribution in [0.1, 0.15) is 84.0 Å². The number of ether oxygens (including phenoxy) is 1. The Kier molecular flexibility index (Phi) is 15.8. The maximum absolute atomic E-state index is 11.7. The van der Waals surface area contributed by atoms with Crippen LogP contribution in [-0.2, 0) is 19.2 Å². The lowest BCUT2D eigenvalue weighted by atomic mass is 10.1. The molecule has 1 N–H and O–H groups in total. The lowest BCUT2D eigenvalue weighted by Crippen LogP contribution is -2.08. The lowest BCUT2D eigenvalue weighted by molar-refractivity contribution is -0.267. The number of allylic oxidation sites excluding steroid dienone is 1. The first kappa shape index (κ1) is 22.8. The summed E-state index contributed by atoms with van der Waals surface area (Å²) >= 11 is 0. The Labute approximate surface area is 146 Å². The molecule has 0 rings (SSSR count). The van der Waals surface area contributed by atoms with Crippen molar-refractivity contribution in [3.8, 4) is 0 Å². The largest absolute Gasteiger partial charge is 0.469 e. The molecular formula is C19H34O5. The van der Waals surface area contributed by atoms with Gasteiger partial charge in [-0.2, -0.15) is 0 Å². The van der Waals surface area contributed by atoms with Crippen LogP contribution in [0, 0.1) is 0 Å². The minimum absolute atomic E-state index is 0.0935. The van der Waals surface area contributed by atoms with Crippen LogP contribution in [-0.4, -0.2) is 30.2 Å². The average Bonchev–Trinajstić information content (AvgIpc) is 2.60. The third-order valence-electron chi connectivity index (χ3n) is 4.01. The summed E-state index contributed by atoms with van der Waals surface area (Å²) in [5.74, 6) is -0.0655. The van der Waals surface area contributed by atoms with Gasteiger partial charge in [-0.15, -0.1) is 0 Å². The van der Waals surface area contributed by atoms with Crippen molar-refractivity contribution in [2.45, 2.75) is 90.1 Å². The number of unbranched alkanes of at least 4 members (excludes halogenated alkanes) is 7. The fourth-order valence-electron chi connectivity index (χ4n) is 2.46. The summed E-state index contributed by atoms with van der Waals surface area (Å²) in [4.78, 5) is 27.1. The Morgan fingerprint density at radius 2 is 1.58 bits per heavy atom. The second kappa shape index (κ2) is 16.7. The van der Waals surface area contributed by atoms with E-state index in [9.17, 15) is 9.59 Å². The molecule has 5 heteroatoms. The zero-order chi connectivity index (χ0) is 18.0. The first-order chi connectivity index (χ1) is 11.6.